The molecule has 1 aromatic rings. The molecule has 0 N–H and O–H groups in total. The number of hydrogen-bond donors (Lipinski definition) is 0. The molecule has 2 fully saturated rings. The molecule has 2 heterocycles. The predicted octanol–water partition coefficient (Wildman–Crippen LogP) is 0.962. The number of methoxy groups -OCH3 is 1. The Morgan fingerprint density at radius 3 is 2.38 bits per heavy atom. The molecule has 3 rings (SSSR count). The Hall–Kier alpha value is -2.08. The lowest BCUT2D eigenvalue weighted by Crippen LogP contribution is -2.51. The van der Waals surface area contributed by atoms with Gasteiger partial charge >= 0.3 is 0 Å². The van der Waals surface area contributed by atoms with Crippen LogP contribution in [0.1, 0.15) is 18.4 Å². The minimum absolute atomic E-state index is 0.0781. The van der Waals surface area contributed by atoms with Crippen LogP contribution in [0.4, 0.5) is 0 Å². The van der Waals surface area contributed by atoms with E-state index in [0.717, 1.165) is 51.4 Å². The third kappa shape index (κ3) is 4.06. The number of amides is 2. The molecular formula is C18H25N3O3. The maximum Gasteiger partial charge on any atom is 0.242 e. The fourth-order valence-electron chi connectivity index (χ4n) is 3.28. The van der Waals surface area contributed by atoms with Crippen molar-refractivity contribution in [1.29, 1.82) is 0 Å². The molecular weight excluding hydrogens is 306 g/mol. The summed E-state index contributed by atoms with van der Waals surface area (Å²) in [5.74, 6) is 1.06. The number of likely N-dealkylation sites (tertiary alicyclic amines) is 1. The van der Waals surface area contributed by atoms with Crippen LogP contribution in [-0.4, -0.2) is 72.9 Å². The number of rotatable bonds is 5. The Kier molecular flexibility index (Phi) is 5.35. The Morgan fingerprint density at radius 1 is 1.08 bits per heavy atom. The number of carbonyl (C=O) groups excluding carboxylic acids is 2. The van der Waals surface area contributed by atoms with Crippen molar-refractivity contribution >= 4 is 11.8 Å². The molecule has 0 saturated carbocycles. The lowest BCUT2D eigenvalue weighted by Gasteiger charge is -2.35. The van der Waals surface area contributed by atoms with E-state index in [1.807, 2.05) is 17.0 Å². The van der Waals surface area contributed by atoms with Crippen LogP contribution < -0.4 is 4.74 Å². The molecule has 2 amide bonds. The lowest BCUT2D eigenvalue weighted by atomic mass is 10.2. The maximum absolute atomic E-state index is 12.3. The van der Waals surface area contributed by atoms with Crippen LogP contribution in [0.2, 0.25) is 0 Å². The van der Waals surface area contributed by atoms with Gasteiger partial charge in [-0.15, -0.1) is 0 Å². The van der Waals surface area contributed by atoms with Crippen molar-refractivity contribution in [2.45, 2.75) is 19.4 Å². The van der Waals surface area contributed by atoms with E-state index in [1.54, 1.807) is 12.0 Å². The summed E-state index contributed by atoms with van der Waals surface area (Å²) in [6, 6.07) is 8.11. The number of piperazine rings is 1. The molecule has 2 aliphatic rings. The predicted molar refractivity (Wildman–Crippen MR) is 90.7 cm³/mol. The molecule has 2 saturated heterocycles. The average molecular weight is 331 g/mol. The van der Waals surface area contributed by atoms with E-state index in [2.05, 4.69) is 17.0 Å². The van der Waals surface area contributed by atoms with E-state index in [0.29, 0.717) is 6.42 Å². The molecule has 0 spiro atoms. The largest absolute Gasteiger partial charge is 0.497 e. The molecule has 130 valence electrons. The van der Waals surface area contributed by atoms with Gasteiger partial charge in [-0.25, -0.2) is 0 Å². The monoisotopic (exact) mass is 331 g/mol. The SMILES string of the molecule is COc1ccc(CN2CCN(C(=O)CN3CCCC3=O)CC2)cc1. The van der Waals surface area contributed by atoms with Crippen molar-refractivity contribution in [2.24, 2.45) is 0 Å². The highest BCUT2D eigenvalue weighted by Gasteiger charge is 2.26. The summed E-state index contributed by atoms with van der Waals surface area (Å²) < 4.78 is 5.18. The van der Waals surface area contributed by atoms with E-state index in [1.165, 1.54) is 5.56 Å². The first kappa shape index (κ1) is 16.8. The van der Waals surface area contributed by atoms with Gasteiger partial charge in [0.1, 0.15) is 5.75 Å². The van der Waals surface area contributed by atoms with Crippen molar-refractivity contribution in [3.63, 3.8) is 0 Å². The third-order valence-electron chi connectivity index (χ3n) is 4.79. The van der Waals surface area contributed by atoms with Crippen molar-refractivity contribution in [2.75, 3.05) is 46.4 Å². The summed E-state index contributed by atoms with van der Waals surface area (Å²) in [6.45, 7) is 5.06. The molecule has 0 bridgehead atoms. The molecule has 1 aromatic carbocycles. The second kappa shape index (κ2) is 7.66. The van der Waals surface area contributed by atoms with E-state index in [9.17, 15) is 9.59 Å². The second-order valence-electron chi connectivity index (χ2n) is 6.42. The highest BCUT2D eigenvalue weighted by molar-refractivity contribution is 5.85. The first-order valence-corrected chi connectivity index (χ1v) is 8.56. The topological polar surface area (TPSA) is 53.1 Å². The number of hydrogen-bond acceptors (Lipinski definition) is 4. The quantitative estimate of drug-likeness (QED) is 0.806. The first-order chi connectivity index (χ1) is 11.7. The molecule has 0 radical (unpaired) electrons. The fourth-order valence-corrected chi connectivity index (χ4v) is 3.28. The summed E-state index contributed by atoms with van der Waals surface area (Å²) >= 11 is 0. The zero-order valence-electron chi connectivity index (χ0n) is 14.2. The van der Waals surface area contributed by atoms with Gasteiger partial charge in [-0.3, -0.25) is 14.5 Å². The lowest BCUT2D eigenvalue weighted by molar-refractivity contribution is -0.139. The Bertz CT molecular complexity index is 580. The van der Waals surface area contributed by atoms with Crippen molar-refractivity contribution in [3.05, 3.63) is 29.8 Å². The molecule has 0 atom stereocenters. The molecule has 2 aliphatic heterocycles. The maximum atomic E-state index is 12.3. The van der Waals surface area contributed by atoms with Crippen molar-refractivity contribution in [1.82, 2.24) is 14.7 Å². The molecule has 0 aromatic heterocycles. The fraction of sp³-hybridized carbons (Fsp3) is 0.556. The Balaban J connectivity index is 1.44. The highest BCUT2D eigenvalue weighted by atomic mass is 16.5. The number of ether oxygens (including phenoxy) is 1. The van der Waals surface area contributed by atoms with Crippen LogP contribution in [0.25, 0.3) is 0 Å². The van der Waals surface area contributed by atoms with Gasteiger partial charge < -0.3 is 14.5 Å². The van der Waals surface area contributed by atoms with Gasteiger partial charge in [0.15, 0.2) is 0 Å². The van der Waals surface area contributed by atoms with E-state index in [4.69, 9.17) is 4.74 Å². The minimum atomic E-state index is 0.0781. The van der Waals surface area contributed by atoms with Crippen molar-refractivity contribution in [3.8, 4) is 5.75 Å². The van der Waals surface area contributed by atoms with Crippen LogP contribution in [-0.2, 0) is 16.1 Å². The standard InChI is InChI=1S/C18H25N3O3/c1-24-16-6-4-15(5-7-16)13-19-9-11-20(12-10-19)18(23)14-21-8-2-3-17(21)22/h4-7H,2-3,8-14H2,1H3. The molecule has 6 heteroatoms. The average Bonchev–Trinajstić information content (AvgIpc) is 3.01. The zero-order chi connectivity index (χ0) is 16.9. The normalized spacial score (nSPS) is 19.0. The Labute approximate surface area is 143 Å². The smallest absolute Gasteiger partial charge is 0.242 e. The number of nitrogens with zero attached hydrogens (tertiary/aromatic N) is 3. The van der Waals surface area contributed by atoms with Crippen LogP contribution in [0.5, 0.6) is 5.75 Å². The van der Waals surface area contributed by atoms with Crippen LogP contribution >= 0.6 is 0 Å². The summed E-state index contributed by atoms with van der Waals surface area (Å²) in [5, 5.41) is 0. The minimum Gasteiger partial charge on any atom is -0.497 e. The first-order valence-electron chi connectivity index (χ1n) is 8.56. The van der Waals surface area contributed by atoms with Crippen LogP contribution in [0.15, 0.2) is 24.3 Å². The van der Waals surface area contributed by atoms with Gasteiger partial charge in [-0.05, 0) is 24.1 Å². The summed E-state index contributed by atoms with van der Waals surface area (Å²) in [6.07, 6.45) is 1.46. The van der Waals surface area contributed by atoms with Gasteiger partial charge in [0.05, 0.1) is 13.7 Å². The van der Waals surface area contributed by atoms with Gasteiger partial charge in [-0.2, -0.15) is 0 Å². The molecule has 0 unspecified atom stereocenters. The number of benzene rings is 1. The highest BCUT2D eigenvalue weighted by Crippen LogP contribution is 2.15. The van der Waals surface area contributed by atoms with Crippen LogP contribution in [0.3, 0.4) is 0 Å². The summed E-state index contributed by atoms with van der Waals surface area (Å²) in [4.78, 5) is 29.9. The second-order valence-corrected chi connectivity index (χ2v) is 6.42. The molecule has 0 aliphatic carbocycles. The summed E-state index contributed by atoms with van der Waals surface area (Å²) in [7, 11) is 1.67. The van der Waals surface area contributed by atoms with Crippen LogP contribution in [0, 0.1) is 0 Å². The van der Waals surface area contributed by atoms with E-state index >= 15 is 0 Å². The van der Waals surface area contributed by atoms with Gasteiger partial charge in [0.25, 0.3) is 0 Å². The van der Waals surface area contributed by atoms with Crippen molar-refractivity contribution < 1.29 is 14.3 Å². The van der Waals surface area contributed by atoms with Gasteiger partial charge in [0.2, 0.25) is 11.8 Å². The van der Waals surface area contributed by atoms with Gasteiger partial charge in [0, 0.05) is 45.7 Å². The summed E-state index contributed by atoms with van der Waals surface area (Å²) in [5.41, 5.74) is 1.25. The molecule has 6 nitrogen and oxygen atoms in total. The third-order valence-corrected chi connectivity index (χ3v) is 4.79. The van der Waals surface area contributed by atoms with E-state index < -0.39 is 0 Å². The van der Waals surface area contributed by atoms with E-state index in [-0.39, 0.29) is 18.4 Å². The van der Waals surface area contributed by atoms with Gasteiger partial charge in [-0.1, -0.05) is 12.1 Å². The zero-order valence-corrected chi connectivity index (χ0v) is 14.2. The molecule has 24 heavy (non-hydrogen) atoms. The Morgan fingerprint density at radius 2 is 1.79 bits per heavy atom. The number of carbonyl (C=O) groups is 2.